The summed E-state index contributed by atoms with van der Waals surface area (Å²) in [4.78, 5) is 0. The van der Waals surface area contributed by atoms with Crippen LogP contribution in [0.15, 0.2) is 28.9 Å². The second-order valence-electron chi connectivity index (χ2n) is 5.23. The van der Waals surface area contributed by atoms with Gasteiger partial charge in [-0.3, -0.25) is 0 Å². The van der Waals surface area contributed by atoms with Crippen molar-refractivity contribution in [1.82, 2.24) is 5.32 Å². The first-order valence-electron chi connectivity index (χ1n) is 7.49. The fraction of sp³-hybridized carbons (Fsp3) is 0.412. The molecule has 0 aliphatic carbocycles. The number of fused-ring (bicyclic) bond motifs is 1. The van der Waals surface area contributed by atoms with Gasteiger partial charge in [-0.05, 0) is 30.3 Å². The van der Waals surface area contributed by atoms with Crippen molar-refractivity contribution in [2.45, 2.75) is 32.7 Å². The van der Waals surface area contributed by atoms with Crippen LogP contribution >= 0.6 is 11.6 Å². The summed E-state index contributed by atoms with van der Waals surface area (Å²) in [7, 11) is 0. The van der Waals surface area contributed by atoms with Crippen LogP contribution in [0.25, 0.3) is 0 Å². The highest BCUT2D eigenvalue weighted by Crippen LogP contribution is 2.39. The van der Waals surface area contributed by atoms with Crippen molar-refractivity contribution >= 4 is 11.6 Å². The molecule has 0 bridgehead atoms. The fourth-order valence-electron chi connectivity index (χ4n) is 3.00. The smallest absolute Gasteiger partial charge is 0.127 e. The van der Waals surface area contributed by atoms with Crippen molar-refractivity contribution < 1.29 is 9.15 Å². The van der Waals surface area contributed by atoms with E-state index in [2.05, 4.69) is 19.2 Å². The lowest BCUT2D eigenvalue weighted by molar-refractivity contribution is 0.350. The molecule has 1 aliphatic rings. The molecule has 0 saturated carbocycles. The Balaban J connectivity index is 2.10. The van der Waals surface area contributed by atoms with E-state index in [1.807, 2.05) is 18.2 Å². The first kappa shape index (κ1) is 14.5. The molecule has 112 valence electrons. The van der Waals surface area contributed by atoms with Crippen LogP contribution in [0.1, 0.15) is 42.3 Å². The molecular formula is C17H20ClNO2. The quantitative estimate of drug-likeness (QED) is 0.902. The van der Waals surface area contributed by atoms with Crippen molar-refractivity contribution in [2.24, 2.45) is 0 Å². The van der Waals surface area contributed by atoms with Crippen LogP contribution in [-0.2, 0) is 12.8 Å². The number of rotatable bonds is 5. The second kappa shape index (κ2) is 6.12. The van der Waals surface area contributed by atoms with Crippen molar-refractivity contribution in [3.63, 3.8) is 0 Å². The lowest BCUT2D eigenvalue weighted by atomic mass is 9.95. The number of hydrogen-bond donors (Lipinski definition) is 1. The SMILES string of the molecule is CCNC(c1ccoc1CC)c1cc(Cl)cc2c1OCC2. The molecule has 0 radical (unpaired) electrons. The lowest BCUT2D eigenvalue weighted by Gasteiger charge is -2.21. The standard InChI is InChI=1S/C17H20ClNO2/c1-3-15-13(6-8-20-15)16(19-4-2)14-10-12(18)9-11-5-7-21-17(11)14/h6,8-10,16,19H,3-5,7H2,1-2H3. The van der Waals surface area contributed by atoms with Crippen LogP contribution in [0.4, 0.5) is 0 Å². The summed E-state index contributed by atoms with van der Waals surface area (Å²) in [5.74, 6) is 1.99. The molecule has 1 aromatic heterocycles. The van der Waals surface area contributed by atoms with Gasteiger partial charge in [0.05, 0.1) is 18.9 Å². The van der Waals surface area contributed by atoms with Crippen LogP contribution in [0.2, 0.25) is 5.02 Å². The van der Waals surface area contributed by atoms with Gasteiger partial charge >= 0.3 is 0 Å². The minimum absolute atomic E-state index is 0.0502. The maximum atomic E-state index is 6.30. The van der Waals surface area contributed by atoms with E-state index >= 15 is 0 Å². The highest BCUT2D eigenvalue weighted by molar-refractivity contribution is 6.30. The van der Waals surface area contributed by atoms with Crippen LogP contribution in [0.3, 0.4) is 0 Å². The number of aryl methyl sites for hydroxylation is 1. The Labute approximate surface area is 130 Å². The molecule has 0 amide bonds. The minimum atomic E-state index is 0.0502. The molecule has 3 nitrogen and oxygen atoms in total. The predicted molar refractivity (Wildman–Crippen MR) is 84.3 cm³/mol. The van der Waals surface area contributed by atoms with Crippen LogP contribution < -0.4 is 10.1 Å². The number of ether oxygens (including phenoxy) is 1. The van der Waals surface area contributed by atoms with Gasteiger partial charge in [0.2, 0.25) is 0 Å². The molecule has 4 heteroatoms. The summed E-state index contributed by atoms with van der Waals surface area (Å²) < 4.78 is 11.5. The number of hydrogen-bond acceptors (Lipinski definition) is 3. The van der Waals surface area contributed by atoms with E-state index in [4.69, 9.17) is 20.8 Å². The molecule has 3 rings (SSSR count). The molecule has 1 atom stereocenters. The molecule has 21 heavy (non-hydrogen) atoms. The predicted octanol–water partition coefficient (Wildman–Crippen LogP) is 4.13. The number of nitrogens with one attached hydrogen (secondary N) is 1. The van der Waals surface area contributed by atoms with Crippen molar-refractivity contribution in [2.75, 3.05) is 13.2 Å². The number of halogens is 1. The Bertz CT molecular complexity index is 636. The average molecular weight is 306 g/mol. The topological polar surface area (TPSA) is 34.4 Å². The lowest BCUT2D eigenvalue weighted by Crippen LogP contribution is -2.23. The van der Waals surface area contributed by atoms with Gasteiger partial charge in [0.15, 0.2) is 0 Å². The van der Waals surface area contributed by atoms with Crippen molar-refractivity contribution in [1.29, 1.82) is 0 Å². The third-order valence-corrected chi connectivity index (χ3v) is 4.13. The zero-order valence-corrected chi connectivity index (χ0v) is 13.2. The molecule has 2 heterocycles. The minimum Gasteiger partial charge on any atom is -0.493 e. The van der Waals surface area contributed by atoms with Gasteiger partial charge < -0.3 is 14.5 Å². The van der Waals surface area contributed by atoms with Gasteiger partial charge in [-0.25, -0.2) is 0 Å². The van der Waals surface area contributed by atoms with Crippen LogP contribution in [-0.4, -0.2) is 13.2 Å². The Morgan fingerprint density at radius 2 is 2.14 bits per heavy atom. The second-order valence-corrected chi connectivity index (χ2v) is 5.66. The summed E-state index contributed by atoms with van der Waals surface area (Å²) in [6.07, 6.45) is 3.55. The Kier molecular flexibility index (Phi) is 4.22. The zero-order chi connectivity index (χ0) is 14.8. The van der Waals surface area contributed by atoms with Crippen LogP contribution in [0.5, 0.6) is 5.75 Å². The molecule has 0 fully saturated rings. The molecule has 0 spiro atoms. The first-order chi connectivity index (χ1) is 10.2. The summed E-state index contributed by atoms with van der Waals surface area (Å²) >= 11 is 6.30. The Hall–Kier alpha value is -1.45. The summed E-state index contributed by atoms with van der Waals surface area (Å²) in [5.41, 5.74) is 3.47. The van der Waals surface area contributed by atoms with Crippen molar-refractivity contribution in [3.8, 4) is 5.75 Å². The van der Waals surface area contributed by atoms with E-state index in [-0.39, 0.29) is 6.04 Å². The molecule has 2 aromatic rings. The van der Waals surface area contributed by atoms with Gasteiger partial charge in [0, 0.05) is 29.0 Å². The molecule has 1 aromatic carbocycles. The normalized spacial score (nSPS) is 14.8. The Morgan fingerprint density at radius 3 is 2.90 bits per heavy atom. The van der Waals surface area contributed by atoms with Gasteiger partial charge in [0.25, 0.3) is 0 Å². The van der Waals surface area contributed by atoms with Gasteiger partial charge in [0.1, 0.15) is 11.5 Å². The van der Waals surface area contributed by atoms with E-state index < -0.39 is 0 Å². The van der Waals surface area contributed by atoms with E-state index in [9.17, 15) is 0 Å². The van der Waals surface area contributed by atoms with Gasteiger partial charge in [-0.15, -0.1) is 0 Å². The third kappa shape index (κ3) is 2.68. The fourth-order valence-corrected chi connectivity index (χ4v) is 3.25. The number of benzene rings is 1. The van der Waals surface area contributed by atoms with Crippen LogP contribution in [0, 0.1) is 0 Å². The van der Waals surface area contributed by atoms with E-state index in [1.165, 1.54) is 11.1 Å². The first-order valence-corrected chi connectivity index (χ1v) is 7.87. The summed E-state index contributed by atoms with van der Waals surface area (Å²) in [6, 6.07) is 6.10. The number of furan rings is 1. The molecular weight excluding hydrogens is 286 g/mol. The monoisotopic (exact) mass is 305 g/mol. The third-order valence-electron chi connectivity index (χ3n) is 3.91. The molecule has 1 aliphatic heterocycles. The molecule has 1 unspecified atom stereocenters. The van der Waals surface area contributed by atoms with E-state index in [0.29, 0.717) is 0 Å². The largest absolute Gasteiger partial charge is 0.493 e. The Morgan fingerprint density at radius 1 is 1.29 bits per heavy atom. The highest BCUT2D eigenvalue weighted by Gasteiger charge is 2.26. The van der Waals surface area contributed by atoms with Gasteiger partial charge in [-0.2, -0.15) is 0 Å². The zero-order valence-electron chi connectivity index (χ0n) is 12.4. The average Bonchev–Trinajstić information content (AvgIpc) is 3.12. The maximum absolute atomic E-state index is 6.30. The van der Waals surface area contributed by atoms with E-state index in [1.54, 1.807) is 6.26 Å². The van der Waals surface area contributed by atoms with Gasteiger partial charge in [-0.1, -0.05) is 25.4 Å². The van der Waals surface area contributed by atoms with Crippen molar-refractivity contribution in [3.05, 3.63) is 51.9 Å². The summed E-state index contributed by atoms with van der Waals surface area (Å²) in [6.45, 7) is 5.79. The maximum Gasteiger partial charge on any atom is 0.127 e. The highest BCUT2D eigenvalue weighted by atomic mass is 35.5. The summed E-state index contributed by atoms with van der Waals surface area (Å²) in [5, 5.41) is 4.30. The molecule has 0 saturated heterocycles. The molecule has 1 N–H and O–H groups in total. The van der Waals surface area contributed by atoms with E-state index in [0.717, 1.165) is 48.1 Å².